The number of hydrogen-bond acceptors (Lipinski definition) is 3. The Balaban J connectivity index is 1.87. The van der Waals surface area contributed by atoms with Crippen LogP contribution in [-0.4, -0.2) is 17.5 Å². The van der Waals surface area contributed by atoms with Crippen LogP contribution < -0.4 is 16.0 Å². The molecule has 0 bridgehead atoms. The zero-order chi connectivity index (χ0) is 17.6. The lowest BCUT2D eigenvalue weighted by Gasteiger charge is -2.24. The molecular formula is C18H23N3O2S. The molecule has 0 unspecified atom stereocenters. The van der Waals surface area contributed by atoms with Crippen molar-refractivity contribution in [2.45, 2.75) is 39.3 Å². The van der Waals surface area contributed by atoms with Crippen molar-refractivity contribution >= 4 is 29.0 Å². The number of benzene rings is 1. The first-order valence-electron chi connectivity index (χ1n) is 7.89. The van der Waals surface area contributed by atoms with E-state index in [2.05, 4.69) is 16.0 Å². The monoisotopic (exact) mass is 345 g/mol. The summed E-state index contributed by atoms with van der Waals surface area (Å²) in [5.41, 5.74) is 0.974. The van der Waals surface area contributed by atoms with Crippen LogP contribution in [0.2, 0.25) is 0 Å². The SMILES string of the molecule is CCC(C)(C)NC(=O)c1ccc(NC(=O)NCc2cccs2)cc1. The zero-order valence-electron chi connectivity index (χ0n) is 14.2. The second kappa shape index (κ2) is 7.97. The van der Waals surface area contributed by atoms with E-state index in [1.54, 1.807) is 35.6 Å². The van der Waals surface area contributed by atoms with Gasteiger partial charge in [-0.15, -0.1) is 11.3 Å². The summed E-state index contributed by atoms with van der Waals surface area (Å²) in [7, 11) is 0. The predicted molar refractivity (Wildman–Crippen MR) is 98.5 cm³/mol. The summed E-state index contributed by atoms with van der Waals surface area (Å²) in [5.74, 6) is -0.115. The molecule has 0 aliphatic carbocycles. The molecule has 0 radical (unpaired) electrons. The molecular weight excluding hydrogens is 322 g/mol. The summed E-state index contributed by atoms with van der Waals surface area (Å²) in [6.07, 6.45) is 0.850. The van der Waals surface area contributed by atoms with Gasteiger partial charge in [-0.3, -0.25) is 4.79 Å². The smallest absolute Gasteiger partial charge is 0.319 e. The highest BCUT2D eigenvalue weighted by Gasteiger charge is 2.18. The third kappa shape index (κ3) is 5.38. The number of carbonyl (C=O) groups excluding carboxylic acids is 2. The van der Waals surface area contributed by atoms with E-state index in [9.17, 15) is 9.59 Å². The molecule has 3 amide bonds. The van der Waals surface area contributed by atoms with Crippen LogP contribution in [0.15, 0.2) is 41.8 Å². The topological polar surface area (TPSA) is 70.2 Å². The highest BCUT2D eigenvalue weighted by molar-refractivity contribution is 7.09. The maximum absolute atomic E-state index is 12.2. The summed E-state index contributed by atoms with van der Waals surface area (Å²) < 4.78 is 0. The Morgan fingerprint density at radius 3 is 2.42 bits per heavy atom. The fourth-order valence-electron chi connectivity index (χ4n) is 1.93. The molecule has 0 saturated carbocycles. The van der Waals surface area contributed by atoms with Crippen molar-refractivity contribution in [3.8, 4) is 0 Å². The van der Waals surface area contributed by atoms with Crippen molar-refractivity contribution in [3.63, 3.8) is 0 Å². The van der Waals surface area contributed by atoms with E-state index in [-0.39, 0.29) is 17.5 Å². The molecule has 128 valence electrons. The van der Waals surface area contributed by atoms with Crippen LogP contribution in [0, 0.1) is 0 Å². The van der Waals surface area contributed by atoms with E-state index >= 15 is 0 Å². The van der Waals surface area contributed by atoms with Crippen LogP contribution >= 0.6 is 11.3 Å². The molecule has 0 aliphatic rings. The molecule has 24 heavy (non-hydrogen) atoms. The molecule has 1 heterocycles. The second-order valence-corrected chi connectivity index (χ2v) is 7.19. The minimum atomic E-state index is -0.271. The molecule has 0 saturated heterocycles. The van der Waals surface area contributed by atoms with Crippen molar-refractivity contribution in [1.29, 1.82) is 0 Å². The third-order valence-corrected chi connectivity index (χ3v) is 4.62. The summed E-state index contributed by atoms with van der Waals surface area (Å²) in [5, 5.41) is 10.5. The lowest BCUT2D eigenvalue weighted by molar-refractivity contribution is 0.0911. The molecule has 3 N–H and O–H groups in total. The minimum absolute atomic E-state index is 0.115. The first-order valence-corrected chi connectivity index (χ1v) is 8.77. The lowest BCUT2D eigenvalue weighted by atomic mass is 10.0. The molecule has 1 aromatic heterocycles. The highest BCUT2D eigenvalue weighted by atomic mass is 32.1. The van der Waals surface area contributed by atoms with E-state index in [0.29, 0.717) is 17.8 Å². The molecule has 5 nitrogen and oxygen atoms in total. The van der Waals surface area contributed by atoms with Crippen molar-refractivity contribution in [2.24, 2.45) is 0 Å². The Morgan fingerprint density at radius 1 is 1.12 bits per heavy atom. The number of amides is 3. The van der Waals surface area contributed by atoms with Gasteiger partial charge in [-0.2, -0.15) is 0 Å². The van der Waals surface area contributed by atoms with E-state index in [4.69, 9.17) is 0 Å². The fourth-order valence-corrected chi connectivity index (χ4v) is 2.57. The van der Waals surface area contributed by atoms with Crippen molar-refractivity contribution in [3.05, 3.63) is 52.2 Å². The Hall–Kier alpha value is -2.34. The molecule has 0 atom stereocenters. The molecule has 2 rings (SSSR count). The first kappa shape index (κ1) is 18.0. The standard InChI is InChI=1S/C18H23N3O2S/c1-4-18(2,3)21-16(22)13-7-9-14(10-8-13)20-17(23)19-12-15-6-5-11-24-15/h5-11H,4,12H2,1-3H3,(H,21,22)(H2,19,20,23). The Morgan fingerprint density at radius 2 is 1.83 bits per heavy atom. The van der Waals surface area contributed by atoms with Gasteiger partial charge in [0.25, 0.3) is 5.91 Å². The van der Waals surface area contributed by atoms with Crippen molar-refractivity contribution in [2.75, 3.05) is 5.32 Å². The van der Waals surface area contributed by atoms with Gasteiger partial charge in [-0.1, -0.05) is 13.0 Å². The van der Waals surface area contributed by atoms with Gasteiger partial charge in [0.2, 0.25) is 0 Å². The minimum Gasteiger partial charge on any atom is -0.347 e. The summed E-state index contributed by atoms with van der Waals surface area (Å²) in [4.78, 5) is 25.1. The Bertz CT molecular complexity index is 679. The maximum atomic E-state index is 12.2. The van der Waals surface area contributed by atoms with E-state index in [1.165, 1.54) is 0 Å². The maximum Gasteiger partial charge on any atom is 0.319 e. The molecule has 0 aliphatic heterocycles. The average Bonchev–Trinajstić information content (AvgIpc) is 3.06. The second-order valence-electron chi connectivity index (χ2n) is 6.16. The number of thiophene rings is 1. The van der Waals surface area contributed by atoms with Gasteiger partial charge in [0.05, 0.1) is 6.54 Å². The predicted octanol–water partition coefficient (Wildman–Crippen LogP) is 3.99. The van der Waals surface area contributed by atoms with Crippen LogP contribution in [0.4, 0.5) is 10.5 Å². The molecule has 0 spiro atoms. The largest absolute Gasteiger partial charge is 0.347 e. The average molecular weight is 345 g/mol. The number of carbonyl (C=O) groups is 2. The summed E-state index contributed by atoms with van der Waals surface area (Å²) in [6.45, 7) is 6.50. The summed E-state index contributed by atoms with van der Waals surface area (Å²) >= 11 is 1.60. The van der Waals surface area contributed by atoms with Crippen LogP contribution in [0.1, 0.15) is 42.4 Å². The first-order chi connectivity index (χ1) is 11.4. The number of rotatable bonds is 6. The number of urea groups is 1. The van der Waals surface area contributed by atoms with Gasteiger partial charge in [0.1, 0.15) is 0 Å². The van der Waals surface area contributed by atoms with Crippen molar-refractivity contribution < 1.29 is 9.59 Å². The Labute approximate surface area is 146 Å². The van der Waals surface area contributed by atoms with Crippen LogP contribution in [0.5, 0.6) is 0 Å². The number of anilines is 1. The molecule has 2 aromatic rings. The van der Waals surface area contributed by atoms with E-state index < -0.39 is 0 Å². The summed E-state index contributed by atoms with van der Waals surface area (Å²) in [6, 6.07) is 10.5. The Kier molecular flexibility index (Phi) is 5.98. The third-order valence-electron chi connectivity index (χ3n) is 3.74. The number of hydrogen-bond donors (Lipinski definition) is 3. The van der Waals surface area contributed by atoms with Gasteiger partial charge < -0.3 is 16.0 Å². The molecule has 1 aromatic carbocycles. The van der Waals surface area contributed by atoms with Gasteiger partial charge in [-0.05, 0) is 56.0 Å². The van der Waals surface area contributed by atoms with Crippen LogP contribution in [-0.2, 0) is 6.54 Å². The quantitative estimate of drug-likeness (QED) is 0.741. The zero-order valence-corrected chi connectivity index (χ0v) is 15.0. The fraction of sp³-hybridized carbons (Fsp3) is 0.333. The van der Waals surface area contributed by atoms with Gasteiger partial charge in [0, 0.05) is 21.7 Å². The van der Waals surface area contributed by atoms with Crippen LogP contribution in [0.25, 0.3) is 0 Å². The van der Waals surface area contributed by atoms with Gasteiger partial charge in [0.15, 0.2) is 0 Å². The lowest BCUT2D eigenvalue weighted by Crippen LogP contribution is -2.42. The molecule has 0 fully saturated rings. The normalized spacial score (nSPS) is 11.0. The van der Waals surface area contributed by atoms with Crippen LogP contribution in [0.3, 0.4) is 0 Å². The number of nitrogens with one attached hydrogen (secondary N) is 3. The van der Waals surface area contributed by atoms with Gasteiger partial charge in [-0.25, -0.2) is 4.79 Å². The highest BCUT2D eigenvalue weighted by Crippen LogP contribution is 2.13. The van der Waals surface area contributed by atoms with Gasteiger partial charge >= 0.3 is 6.03 Å². The van der Waals surface area contributed by atoms with Crippen molar-refractivity contribution in [1.82, 2.24) is 10.6 Å². The van der Waals surface area contributed by atoms with E-state index in [1.807, 2.05) is 38.3 Å². The van der Waals surface area contributed by atoms with E-state index in [0.717, 1.165) is 11.3 Å². The molecule has 6 heteroatoms.